The fourth-order valence-corrected chi connectivity index (χ4v) is 3.01. The standard InChI is InChI=1S/C18H26F3N5O.HI/c1-22-17(25-15-6-7-26(10-15)12-18(19,20)21)24-9-14-4-5-16(23-8-14)27-11-13-2-3-13;/h4-5,8,13,15H,2-3,6-7,9-12H2,1H3,(H2,22,24,25);1H. The minimum Gasteiger partial charge on any atom is -0.477 e. The van der Waals surface area contributed by atoms with Crippen molar-refractivity contribution >= 4 is 29.9 Å². The number of ether oxygens (including phenoxy) is 1. The van der Waals surface area contributed by atoms with Crippen molar-refractivity contribution in [3.05, 3.63) is 23.9 Å². The smallest absolute Gasteiger partial charge is 0.401 e. The van der Waals surface area contributed by atoms with Gasteiger partial charge >= 0.3 is 6.18 Å². The van der Waals surface area contributed by atoms with E-state index in [4.69, 9.17) is 4.74 Å². The Morgan fingerprint density at radius 1 is 1.32 bits per heavy atom. The number of pyridine rings is 1. The van der Waals surface area contributed by atoms with Crippen molar-refractivity contribution in [3.63, 3.8) is 0 Å². The highest BCUT2D eigenvalue weighted by Crippen LogP contribution is 2.29. The van der Waals surface area contributed by atoms with Crippen molar-refractivity contribution in [1.82, 2.24) is 20.5 Å². The molecular formula is C18H27F3IN5O. The Hall–Kier alpha value is -1.30. The normalized spacial score (nSPS) is 20.6. The van der Waals surface area contributed by atoms with Crippen LogP contribution in [0, 0.1) is 5.92 Å². The molecule has 0 aromatic carbocycles. The van der Waals surface area contributed by atoms with E-state index < -0.39 is 12.7 Å². The van der Waals surface area contributed by atoms with Gasteiger partial charge < -0.3 is 15.4 Å². The molecule has 1 saturated carbocycles. The van der Waals surface area contributed by atoms with Crippen molar-refractivity contribution in [2.45, 2.75) is 38.0 Å². The zero-order valence-electron chi connectivity index (χ0n) is 15.8. The molecule has 1 aromatic rings. The molecule has 0 radical (unpaired) electrons. The molecule has 158 valence electrons. The van der Waals surface area contributed by atoms with Gasteiger partial charge in [-0.3, -0.25) is 9.89 Å². The van der Waals surface area contributed by atoms with E-state index in [0.717, 1.165) is 12.2 Å². The Morgan fingerprint density at radius 3 is 2.71 bits per heavy atom. The average molecular weight is 513 g/mol. The molecule has 0 bridgehead atoms. The Labute approximate surface area is 180 Å². The van der Waals surface area contributed by atoms with E-state index in [9.17, 15) is 13.2 Å². The number of halogens is 4. The summed E-state index contributed by atoms with van der Waals surface area (Å²) in [4.78, 5) is 9.85. The fourth-order valence-electron chi connectivity index (χ4n) is 3.01. The van der Waals surface area contributed by atoms with Crippen LogP contribution in [0.5, 0.6) is 5.88 Å². The molecule has 10 heteroatoms. The molecule has 28 heavy (non-hydrogen) atoms. The van der Waals surface area contributed by atoms with Gasteiger partial charge in [0.25, 0.3) is 0 Å². The van der Waals surface area contributed by atoms with Gasteiger partial charge in [-0.05, 0) is 30.7 Å². The topological polar surface area (TPSA) is 61.8 Å². The summed E-state index contributed by atoms with van der Waals surface area (Å²) in [5.74, 6) is 1.89. The summed E-state index contributed by atoms with van der Waals surface area (Å²) in [7, 11) is 1.64. The highest BCUT2D eigenvalue weighted by Gasteiger charge is 2.34. The summed E-state index contributed by atoms with van der Waals surface area (Å²) >= 11 is 0. The molecule has 1 aliphatic heterocycles. The monoisotopic (exact) mass is 513 g/mol. The molecule has 1 aliphatic carbocycles. The average Bonchev–Trinajstić information content (AvgIpc) is 3.36. The molecule has 2 aliphatic rings. The number of hydrogen-bond acceptors (Lipinski definition) is 4. The SMILES string of the molecule is CN=C(NCc1ccc(OCC2CC2)nc1)NC1CCN(CC(F)(F)F)C1.I. The maximum absolute atomic E-state index is 12.5. The van der Waals surface area contributed by atoms with Crippen LogP contribution in [0.15, 0.2) is 23.3 Å². The van der Waals surface area contributed by atoms with E-state index in [1.807, 2.05) is 12.1 Å². The highest BCUT2D eigenvalue weighted by atomic mass is 127. The number of nitrogens with one attached hydrogen (secondary N) is 2. The first-order chi connectivity index (χ1) is 12.9. The van der Waals surface area contributed by atoms with E-state index >= 15 is 0 Å². The lowest BCUT2D eigenvalue weighted by Crippen LogP contribution is -2.44. The number of nitrogens with zero attached hydrogens (tertiary/aromatic N) is 3. The largest absolute Gasteiger partial charge is 0.477 e. The minimum absolute atomic E-state index is 0. The summed E-state index contributed by atoms with van der Waals surface area (Å²) in [6.07, 6.45) is 0.733. The molecule has 6 nitrogen and oxygen atoms in total. The second-order valence-corrected chi connectivity index (χ2v) is 7.17. The van der Waals surface area contributed by atoms with Gasteiger partial charge in [0.05, 0.1) is 13.2 Å². The van der Waals surface area contributed by atoms with Crippen LogP contribution >= 0.6 is 24.0 Å². The van der Waals surface area contributed by atoms with Gasteiger partial charge in [-0.1, -0.05) is 6.07 Å². The zero-order chi connectivity index (χ0) is 19.3. The summed E-state index contributed by atoms with van der Waals surface area (Å²) in [6.45, 7) is 1.18. The van der Waals surface area contributed by atoms with Crippen molar-refractivity contribution in [3.8, 4) is 5.88 Å². The number of guanidine groups is 1. The van der Waals surface area contributed by atoms with Crippen LogP contribution in [0.1, 0.15) is 24.8 Å². The Bertz CT molecular complexity index is 637. The van der Waals surface area contributed by atoms with Crippen molar-refractivity contribution in [2.24, 2.45) is 10.9 Å². The van der Waals surface area contributed by atoms with Gasteiger partial charge in [0.15, 0.2) is 5.96 Å². The van der Waals surface area contributed by atoms with E-state index in [1.165, 1.54) is 17.7 Å². The van der Waals surface area contributed by atoms with E-state index in [1.54, 1.807) is 13.2 Å². The van der Waals surface area contributed by atoms with Gasteiger partial charge in [-0.2, -0.15) is 13.2 Å². The number of aromatic nitrogens is 1. The summed E-state index contributed by atoms with van der Waals surface area (Å²) in [5.41, 5.74) is 0.974. The molecule has 1 saturated heterocycles. The molecule has 0 amide bonds. The lowest BCUT2D eigenvalue weighted by molar-refractivity contribution is -0.143. The summed E-state index contributed by atoms with van der Waals surface area (Å²) in [6, 6.07) is 3.74. The second-order valence-electron chi connectivity index (χ2n) is 7.17. The number of rotatable bonds is 7. The molecule has 2 heterocycles. The fraction of sp³-hybridized carbons (Fsp3) is 0.667. The van der Waals surface area contributed by atoms with E-state index in [0.29, 0.717) is 43.8 Å². The van der Waals surface area contributed by atoms with Crippen molar-refractivity contribution in [1.29, 1.82) is 0 Å². The number of alkyl halides is 3. The van der Waals surface area contributed by atoms with E-state index in [2.05, 4.69) is 20.6 Å². The number of aliphatic imine (C=N–C) groups is 1. The maximum Gasteiger partial charge on any atom is 0.401 e. The molecule has 2 fully saturated rings. The van der Waals surface area contributed by atoms with Gasteiger partial charge in [0.2, 0.25) is 5.88 Å². The predicted octanol–water partition coefficient (Wildman–Crippen LogP) is 2.79. The van der Waals surface area contributed by atoms with Crippen LogP contribution in [-0.4, -0.2) is 61.4 Å². The van der Waals surface area contributed by atoms with Crippen LogP contribution in [0.3, 0.4) is 0 Å². The third-order valence-electron chi connectivity index (χ3n) is 4.66. The molecule has 1 unspecified atom stereocenters. The minimum atomic E-state index is -4.16. The van der Waals surface area contributed by atoms with Crippen LogP contribution in [-0.2, 0) is 6.54 Å². The molecular weight excluding hydrogens is 486 g/mol. The Balaban J connectivity index is 0.00000280. The molecule has 1 atom stereocenters. The third-order valence-corrected chi connectivity index (χ3v) is 4.66. The van der Waals surface area contributed by atoms with Crippen molar-refractivity contribution < 1.29 is 17.9 Å². The lowest BCUT2D eigenvalue weighted by atomic mass is 10.2. The van der Waals surface area contributed by atoms with Gasteiger partial charge in [0.1, 0.15) is 0 Å². The molecule has 1 aromatic heterocycles. The van der Waals surface area contributed by atoms with Crippen LogP contribution in [0.4, 0.5) is 13.2 Å². The molecule has 0 spiro atoms. The first-order valence-corrected chi connectivity index (χ1v) is 9.25. The summed E-state index contributed by atoms with van der Waals surface area (Å²) < 4.78 is 43.0. The molecule has 2 N–H and O–H groups in total. The maximum atomic E-state index is 12.5. The summed E-state index contributed by atoms with van der Waals surface area (Å²) in [5, 5.41) is 6.36. The lowest BCUT2D eigenvalue weighted by Gasteiger charge is -2.19. The Morgan fingerprint density at radius 2 is 2.11 bits per heavy atom. The quantitative estimate of drug-likeness (QED) is 0.334. The van der Waals surface area contributed by atoms with Crippen LogP contribution in [0.2, 0.25) is 0 Å². The highest BCUT2D eigenvalue weighted by molar-refractivity contribution is 14.0. The van der Waals surface area contributed by atoms with Gasteiger partial charge in [0, 0.05) is 45.0 Å². The van der Waals surface area contributed by atoms with Gasteiger partial charge in [-0.25, -0.2) is 4.98 Å². The number of likely N-dealkylation sites (tertiary alicyclic amines) is 1. The number of hydrogen-bond donors (Lipinski definition) is 2. The van der Waals surface area contributed by atoms with Crippen molar-refractivity contribution in [2.75, 3.05) is 33.3 Å². The third kappa shape index (κ3) is 7.98. The van der Waals surface area contributed by atoms with Crippen LogP contribution in [0.25, 0.3) is 0 Å². The zero-order valence-corrected chi connectivity index (χ0v) is 18.2. The molecule has 3 rings (SSSR count). The van der Waals surface area contributed by atoms with Gasteiger partial charge in [-0.15, -0.1) is 24.0 Å². The Kier molecular flexibility index (Phi) is 8.59. The van der Waals surface area contributed by atoms with E-state index in [-0.39, 0.29) is 30.0 Å². The van der Waals surface area contributed by atoms with Crippen LogP contribution < -0.4 is 15.4 Å². The first-order valence-electron chi connectivity index (χ1n) is 9.25. The predicted molar refractivity (Wildman–Crippen MR) is 112 cm³/mol. The first kappa shape index (κ1) is 23.0. The second kappa shape index (κ2) is 10.5.